The first-order valence-corrected chi connectivity index (χ1v) is 8.53. The third-order valence-electron chi connectivity index (χ3n) is 6.95. The fourth-order valence-corrected chi connectivity index (χ4v) is 5.22. The number of rotatable bonds is 6. The summed E-state index contributed by atoms with van der Waals surface area (Å²) < 4.78 is 0. The van der Waals surface area contributed by atoms with Crippen LogP contribution in [0.2, 0.25) is 0 Å². The standard InChI is InChI=1S/C18H34O/c1-6-8-9-14(7-2)12-18(19)16(3,4)15-10-11-17(18,5)13-15/h14-15,19H,6-13H2,1-5H3. The van der Waals surface area contributed by atoms with Gasteiger partial charge in [0.2, 0.25) is 0 Å². The maximum atomic E-state index is 11.6. The summed E-state index contributed by atoms with van der Waals surface area (Å²) in [7, 11) is 0. The van der Waals surface area contributed by atoms with Crippen molar-refractivity contribution >= 4 is 0 Å². The molecule has 1 N–H and O–H groups in total. The maximum absolute atomic E-state index is 11.6. The van der Waals surface area contributed by atoms with Gasteiger partial charge >= 0.3 is 0 Å². The Labute approximate surface area is 120 Å². The largest absolute Gasteiger partial charge is 0.389 e. The molecule has 1 nitrogen and oxygen atoms in total. The molecule has 2 saturated carbocycles. The van der Waals surface area contributed by atoms with Crippen molar-refractivity contribution in [2.75, 3.05) is 0 Å². The first kappa shape index (κ1) is 15.4. The van der Waals surface area contributed by atoms with Crippen LogP contribution in [0, 0.1) is 22.7 Å². The van der Waals surface area contributed by atoms with Crippen LogP contribution in [0.1, 0.15) is 86.0 Å². The van der Waals surface area contributed by atoms with E-state index in [1.165, 1.54) is 44.9 Å². The van der Waals surface area contributed by atoms with Crippen LogP contribution >= 0.6 is 0 Å². The highest BCUT2D eigenvalue weighted by atomic mass is 16.3. The zero-order valence-electron chi connectivity index (χ0n) is 13.8. The fourth-order valence-electron chi connectivity index (χ4n) is 5.22. The second kappa shape index (κ2) is 5.06. The number of hydrogen-bond acceptors (Lipinski definition) is 1. The number of fused-ring (bicyclic) bond motifs is 2. The van der Waals surface area contributed by atoms with Gasteiger partial charge in [-0.3, -0.25) is 0 Å². The van der Waals surface area contributed by atoms with Crippen LogP contribution in [-0.2, 0) is 0 Å². The minimum Gasteiger partial charge on any atom is -0.389 e. The molecular formula is C18H34O. The van der Waals surface area contributed by atoms with Crippen molar-refractivity contribution < 1.29 is 5.11 Å². The molecule has 0 aromatic carbocycles. The molecule has 4 unspecified atom stereocenters. The van der Waals surface area contributed by atoms with E-state index in [1.54, 1.807) is 0 Å². The Morgan fingerprint density at radius 1 is 1.21 bits per heavy atom. The second-order valence-corrected chi connectivity index (χ2v) is 8.20. The second-order valence-electron chi connectivity index (χ2n) is 8.20. The van der Waals surface area contributed by atoms with E-state index in [0.717, 1.165) is 12.3 Å². The van der Waals surface area contributed by atoms with Gasteiger partial charge < -0.3 is 5.11 Å². The molecule has 19 heavy (non-hydrogen) atoms. The van der Waals surface area contributed by atoms with Gasteiger partial charge in [-0.25, -0.2) is 0 Å². The van der Waals surface area contributed by atoms with Gasteiger partial charge in [0.1, 0.15) is 0 Å². The molecule has 0 saturated heterocycles. The first-order valence-electron chi connectivity index (χ1n) is 8.53. The number of aliphatic hydroxyl groups is 1. The van der Waals surface area contributed by atoms with Crippen LogP contribution < -0.4 is 0 Å². The molecular weight excluding hydrogens is 232 g/mol. The quantitative estimate of drug-likeness (QED) is 0.703. The van der Waals surface area contributed by atoms with Crippen molar-refractivity contribution in [3.63, 3.8) is 0 Å². The monoisotopic (exact) mass is 266 g/mol. The van der Waals surface area contributed by atoms with Crippen LogP contribution in [0.25, 0.3) is 0 Å². The molecule has 2 bridgehead atoms. The minimum atomic E-state index is -0.433. The van der Waals surface area contributed by atoms with Crippen LogP contribution in [0.3, 0.4) is 0 Å². The molecule has 112 valence electrons. The summed E-state index contributed by atoms with van der Waals surface area (Å²) in [6, 6.07) is 0. The lowest BCUT2D eigenvalue weighted by Gasteiger charge is -2.52. The Hall–Kier alpha value is -0.0400. The molecule has 0 aromatic heterocycles. The highest BCUT2D eigenvalue weighted by Crippen LogP contribution is 2.69. The summed E-state index contributed by atoms with van der Waals surface area (Å²) in [5.74, 6) is 1.45. The number of unbranched alkanes of at least 4 members (excludes halogenated alkanes) is 1. The van der Waals surface area contributed by atoms with E-state index >= 15 is 0 Å². The van der Waals surface area contributed by atoms with E-state index in [2.05, 4.69) is 34.6 Å². The summed E-state index contributed by atoms with van der Waals surface area (Å²) in [6.07, 6.45) is 9.96. The van der Waals surface area contributed by atoms with Crippen molar-refractivity contribution in [1.29, 1.82) is 0 Å². The van der Waals surface area contributed by atoms with Crippen molar-refractivity contribution in [2.24, 2.45) is 22.7 Å². The lowest BCUT2D eigenvalue weighted by atomic mass is 9.57. The van der Waals surface area contributed by atoms with Gasteiger partial charge in [-0.05, 0) is 48.3 Å². The van der Waals surface area contributed by atoms with Gasteiger partial charge in [0.15, 0.2) is 0 Å². The summed E-state index contributed by atoms with van der Waals surface area (Å²) in [5.41, 5.74) is -0.141. The lowest BCUT2D eigenvalue weighted by Crippen LogP contribution is -2.55. The van der Waals surface area contributed by atoms with Gasteiger partial charge in [0.25, 0.3) is 0 Å². The average Bonchev–Trinajstić information content (AvgIpc) is 2.83. The SMILES string of the molecule is CCCCC(CC)CC1(O)C2(C)CCC(C2)C1(C)C. The molecule has 0 aliphatic heterocycles. The van der Waals surface area contributed by atoms with E-state index in [1.807, 2.05) is 0 Å². The molecule has 0 spiro atoms. The molecule has 0 heterocycles. The van der Waals surface area contributed by atoms with E-state index in [0.29, 0.717) is 5.92 Å². The Balaban J connectivity index is 2.16. The predicted molar refractivity (Wildman–Crippen MR) is 82.1 cm³/mol. The third kappa shape index (κ3) is 2.17. The fraction of sp³-hybridized carbons (Fsp3) is 1.00. The molecule has 0 aromatic rings. The first-order chi connectivity index (χ1) is 8.80. The van der Waals surface area contributed by atoms with Crippen LogP contribution in [0.5, 0.6) is 0 Å². The van der Waals surface area contributed by atoms with E-state index in [4.69, 9.17) is 0 Å². The maximum Gasteiger partial charge on any atom is 0.0757 e. The molecule has 4 atom stereocenters. The zero-order valence-corrected chi connectivity index (χ0v) is 13.8. The highest BCUT2D eigenvalue weighted by Gasteiger charge is 2.68. The van der Waals surface area contributed by atoms with Crippen LogP contribution in [-0.4, -0.2) is 10.7 Å². The van der Waals surface area contributed by atoms with E-state index in [9.17, 15) is 5.11 Å². The van der Waals surface area contributed by atoms with Crippen molar-refractivity contribution in [3.05, 3.63) is 0 Å². The molecule has 2 aliphatic carbocycles. The predicted octanol–water partition coefficient (Wildman–Crippen LogP) is 5.17. The summed E-state index contributed by atoms with van der Waals surface area (Å²) in [5, 5.41) is 11.6. The van der Waals surface area contributed by atoms with Crippen LogP contribution in [0.4, 0.5) is 0 Å². The van der Waals surface area contributed by atoms with Gasteiger partial charge in [-0.2, -0.15) is 0 Å². The Morgan fingerprint density at radius 3 is 2.37 bits per heavy atom. The highest BCUT2D eigenvalue weighted by molar-refractivity contribution is 5.18. The molecule has 0 radical (unpaired) electrons. The normalized spacial score (nSPS) is 41.7. The summed E-state index contributed by atoms with van der Waals surface area (Å²) >= 11 is 0. The Morgan fingerprint density at radius 2 is 1.89 bits per heavy atom. The van der Waals surface area contributed by atoms with Crippen molar-refractivity contribution in [3.8, 4) is 0 Å². The van der Waals surface area contributed by atoms with E-state index < -0.39 is 5.60 Å². The molecule has 2 rings (SSSR count). The third-order valence-corrected chi connectivity index (χ3v) is 6.95. The van der Waals surface area contributed by atoms with E-state index in [-0.39, 0.29) is 10.8 Å². The average molecular weight is 266 g/mol. The Bertz CT molecular complexity index is 315. The number of hydrogen-bond donors (Lipinski definition) is 1. The summed E-state index contributed by atoms with van der Waals surface area (Å²) in [4.78, 5) is 0. The molecule has 2 aliphatic rings. The minimum absolute atomic E-state index is 0.111. The van der Waals surface area contributed by atoms with Crippen molar-refractivity contribution in [2.45, 2.75) is 91.6 Å². The van der Waals surface area contributed by atoms with Gasteiger partial charge in [0, 0.05) is 0 Å². The van der Waals surface area contributed by atoms with Gasteiger partial charge in [-0.15, -0.1) is 0 Å². The molecule has 0 amide bonds. The molecule has 2 fully saturated rings. The molecule has 1 heteroatoms. The van der Waals surface area contributed by atoms with Gasteiger partial charge in [0.05, 0.1) is 5.60 Å². The topological polar surface area (TPSA) is 20.2 Å². The zero-order chi connectivity index (χ0) is 14.3. The summed E-state index contributed by atoms with van der Waals surface area (Å²) in [6.45, 7) is 11.6. The van der Waals surface area contributed by atoms with Crippen molar-refractivity contribution in [1.82, 2.24) is 0 Å². The van der Waals surface area contributed by atoms with Gasteiger partial charge in [-0.1, -0.05) is 60.3 Å². The lowest BCUT2D eigenvalue weighted by molar-refractivity contribution is -0.156. The smallest absolute Gasteiger partial charge is 0.0757 e. The Kier molecular flexibility index (Phi) is 4.09. The van der Waals surface area contributed by atoms with Crippen LogP contribution in [0.15, 0.2) is 0 Å².